The molecule has 0 saturated carbocycles. The number of hydrogen-bond donors (Lipinski definition) is 1. The molecule has 5 nitrogen and oxygen atoms in total. The van der Waals surface area contributed by atoms with Gasteiger partial charge in [0.1, 0.15) is 0 Å². The number of aromatic nitrogens is 2. The third-order valence-corrected chi connectivity index (χ3v) is 6.36. The molecule has 2 aromatic heterocycles. The van der Waals surface area contributed by atoms with Crippen LogP contribution in [-0.4, -0.2) is 53.4 Å². The van der Waals surface area contributed by atoms with Gasteiger partial charge in [0.15, 0.2) is 5.78 Å². The molecule has 0 amide bonds. The van der Waals surface area contributed by atoms with Gasteiger partial charge in [-0.25, -0.2) is 0 Å². The van der Waals surface area contributed by atoms with Crippen molar-refractivity contribution in [2.45, 2.75) is 38.0 Å². The van der Waals surface area contributed by atoms with Crippen molar-refractivity contribution in [3.63, 3.8) is 0 Å². The molecule has 2 aromatic rings. The number of rotatable bonds is 5. The van der Waals surface area contributed by atoms with E-state index in [1.807, 2.05) is 18.3 Å². The van der Waals surface area contributed by atoms with Crippen LogP contribution in [0.25, 0.3) is 0 Å². The number of pyridine rings is 2. The molecular weight excluding hydrogens is 348 g/mol. The standard InChI is InChI=1S/C23H30N4O/c1-18-6-7-21(26-14-18)23(8-11-24-12-9-23)17-27-13-3-5-20(16-27)22(28)19-4-2-10-25-15-19/h2,4,6-7,10,14-15,20,24H,3,5,8-9,11-13,16-17H2,1H3/t20-/m0/s1. The molecule has 4 heterocycles. The molecule has 0 unspecified atom stereocenters. The fraction of sp³-hybridized carbons (Fsp3) is 0.522. The molecule has 4 rings (SSSR count). The Labute approximate surface area is 167 Å². The molecule has 1 atom stereocenters. The molecule has 0 aliphatic carbocycles. The molecule has 28 heavy (non-hydrogen) atoms. The summed E-state index contributed by atoms with van der Waals surface area (Å²) < 4.78 is 0. The van der Waals surface area contributed by atoms with Gasteiger partial charge >= 0.3 is 0 Å². The van der Waals surface area contributed by atoms with Crippen LogP contribution in [-0.2, 0) is 5.41 Å². The highest BCUT2D eigenvalue weighted by molar-refractivity contribution is 5.97. The van der Waals surface area contributed by atoms with E-state index in [0.29, 0.717) is 0 Å². The molecule has 0 radical (unpaired) electrons. The topological polar surface area (TPSA) is 58.1 Å². The molecular formula is C23H30N4O. The van der Waals surface area contributed by atoms with Crippen molar-refractivity contribution in [2.24, 2.45) is 5.92 Å². The van der Waals surface area contributed by atoms with Crippen molar-refractivity contribution in [3.8, 4) is 0 Å². The maximum Gasteiger partial charge on any atom is 0.168 e. The highest BCUT2D eigenvalue weighted by atomic mass is 16.1. The SMILES string of the molecule is Cc1ccc(C2(CN3CCC[C@H](C(=O)c4cccnc4)C3)CCNCC2)nc1. The van der Waals surface area contributed by atoms with E-state index in [1.165, 1.54) is 11.3 Å². The third-order valence-electron chi connectivity index (χ3n) is 6.36. The van der Waals surface area contributed by atoms with E-state index in [4.69, 9.17) is 4.98 Å². The fourth-order valence-corrected chi connectivity index (χ4v) is 4.77. The molecule has 1 N–H and O–H groups in total. The zero-order chi connectivity index (χ0) is 19.4. The highest BCUT2D eigenvalue weighted by Gasteiger charge is 2.38. The van der Waals surface area contributed by atoms with Crippen molar-refractivity contribution >= 4 is 5.78 Å². The van der Waals surface area contributed by atoms with Crippen molar-refractivity contribution < 1.29 is 4.79 Å². The van der Waals surface area contributed by atoms with Crippen molar-refractivity contribution in [1.29, 1.82) is 0 Å². The average Bonchev–Trinajstić information content (AvgIpc) is 2.75. The summed E-state index contributed by atoms with van der Waals surface area (Å²) in [4.78, 5) is 24.4. The van der Waals surface area contributed by atoms with E-state index >= 15 is 0 Å². The summed E-state index contributed by atoms with van der Waals surface area (Å²) >= 11 is 0. The van der Waals surface area contributed by atoms with Crippen molar-refractivity contribution in [1.82, 2.24) is 20.2 Å². The largest absolute Gasteiger partial charge is 0.317 e. The summed E-state index contributed by atoms with van der Waals surface area (Å²) in [5.74, 6) is 0.313. The highest BCUT2D eigenvalue weighted by Crippen LogP contribution is 2.35. The summed E-state index contributed by atoms with van der Waals surface area (Å²) in [5, 5.41) is 3.50. The molecule has 148 valence electrons. The van der Waals surface area contributed by atoms with Crippen LogP contribution in [0.5, 0.6) is 0 Å². The number of Topliss-reactive ketones (excluding diaryl/α,β-unsaturated/α-hetero) is 1. The van der Waals surface area contributed by atoms with Crippen molar-refractivity contribution in [3.05, 3.63) is 59.7 Å². The number of aryl methyl sites for hydroxylation is 1. The van der Waals surface area contributed by atoms with Gasteiger partial charge in [0.05, 0.1) is 0 Å². The van der Waals surface area contributed by atoms with Crippen LogP contribution in [0.15, 0.2) is 42.9 Å². The number of carbonyl (C=O) groups excluding carboxylic acids is 1. The molecule has 2 aliphatic heterocycles. The monoisotopic (exact) mass is 378 g/mol. The van der Waals surface area contributed by atoms with Crippen LogP contribution >= 0.6 is 0 Å². The minimum absolute atomic E-state index is 0.0719. The lowest BCUT2D eigenvalue weighted by atomic mass is 9.74. The first kappa shape index (κ1) is 19.2. The van der Waals surface area contributed by atoms with Crippen LogP contribution in [0.2, 0.25) is 0 Å². The van der Waals surface area contributed by atoms with Gasteiger partial charge in [-0.15, -0.1) is 0 Å². The second kappa shape index (κ2) is 8.50. The van der Waals surface area contributed by atoms with E-state index in [0.717, 1.165) is 64.0 Å². The van der Waals surface area contributed by atoms with Gasteiger partial charge in [-0.3, -0.25) is 14.8 Å². The average molecular weight is 379 g/mol. The van der Waals surface area contributed by atoms with E-state index in [2.05, 4.69) is 34.3 Å². The van der Waals surface area contributed by atoms with Gasteiger partial charge in [0.25, 0.3) is 0 Å². The summed E-state index contributed by atoms with van der Waals surface area (Å²) in [6.07, 6.45) is 9.66. The number of nitrogens with one attached hydrogen (secondary N) is 1. The van der Waals surface area contributed by atoms with Gasteiger partial charge in [-0.05, 0) is 76.0 Å². The first-order valence-corrected chi connectivity index (χ1v) is 10.5. The molecule has 0 spiro atoms. The number of carbonyl (C=O) groups is 1. The van der Waals surface area contributed by atoms with Crippen LogP contribution in [0, 0.1) is 12.8 Å². The van der Waals surface area contributed by atoms with Gasteiger partial charge < -0.3 is 10.2 Å². The third kappa shape index (κ3) is 4.15. The van der Waals surface area contributed by atoms with E-state index in [-0.39, 0.29) is 17.1 Å². The van der Waals surface area contributed by atoms with E-state index in [9.17, 15) is 4.79 Å². The predicted octanol–water partition coefficient (Wildman–Crippen LogP) is 3.00. The summed E-state index contributed by atoms with van der Waals surface area (Å²) in [6.45, 7) is 7.04. The predicted molar refractivity (Wildman–Crippen MR) is 110 cm³/mol. The second-order valence-corrected chi connectivity index (χ2v) is 8.43. The quantitative estimate of drug-likeness (QED) is 0.811. The zero-order valence-corrected chi connectivity index (χ0v) is 16.7. The zero-order valence-electron chi connectivity index (χ0n) is 16.7. The summed E-state index contributed by atoms with van der Waals surface area (Å²) in [7, 11) is 0. The summed E-state index contributed by atoms with van der Waals surface area (Å²) in [6, 6.07) is 8.12. The Morgan fingerprint density at radius 2 is 2.11 bits per heavy atom. The second-order valence-electron chi connectivity index (χ2n) is 8.43. The lowest BCUT2D eigenvalue weighted by Gasteiger charge is -2.43. The number of hydrogen-bond acceptors (Lipinski definition) is 5. The smallest absolute Gasteiger partial charge is 0.168 e. The van der Waals surface area contributed by atoms with Crippen LogP contribution in [0.4, 0.5) is 0 Å². The van der Waals surface area contributed by atoms with Gasteiger partial charge in [0, 0.05) is 54.3 Å². The minimum atomic E-state index is 0.0719. The first-order valence-electron chi connectivity index (χ1n) is 10.5. The molecule has 0 aromatic carbocycles. The van der Waals surface area contributed by atoms with Crippen molar-refractivity contribution in [2.75, 3.05) is 32.7 Å². The number of piperidine rings is 2. The molecule has 2 fully saturated rings. The molecule has 2 saturated heterocycles. The van der Waals surface area contributed by atoms with Gasteiger partial charge in [-0.2, -0.15) is 0 Å². The Morgan fingerprint density at radius 3 is 2.82 bits per heavy atom. The fourth-order valence-electron chi connectivity index (χ4n) is 4.77. The maximum absolute atomic E-state index is 12.9. The lowest BCUT2D eigenvalue weighted by Crippen LogP contribution is -2.51. The van der Waals surface area contributed by atoms with Gasteiger partial charge in [0.2, 0.25) is 0 Å². The Kier molecular flexibility index (Phi) is 5.83. The Hall–Kier alpha value is -2.11. The number of nitrogens with zero attached hydrogens (tertiary/aromatic N) is 3. The van der Waals surface area contributed by atoms with E-state index in [1.54, 1.807) is 12.4 Å². The summed E-state index contributed by atoms with van der Waals surface area (Å²) in [5.41, 5.74) is 3.23. The molecule has 2 aliphatic rings. The number of ketones is 1. The Bertz CT molecular complexity index is 784. The van der Waals surface area contributed by atoms with E-state index < -0.39 is 0 Å². The van der Waals surface area contributed by atoms with Gasteiger partial charge in [-0.1, -0.05) is 6.07 Å². The van der Waals surface area contributed by atoms with Crippen LogP contribution in [0.3, 0.4) is 0 Å². The Morgan fingerprint density at radius 1 is 1.25 bits per heavy atom. The normalized spacial score (nSPS) is 22.7. The Balaban J connectivity index is 1.50. The van der Waals surface area contributed by atoms with Crippen LogP contribution in [0.1, 0.15) is 47.3 Å². The first-order chi connectivity index (χ1) is 13.7. The molecule has 5 heteroatoms. The molecule has 0 bridgehead atoms. The minimum Gasteiger partial charge on any atom is -0.317 e. The number of likely N-dealkylation sites (tertiary alicyclic amines) is 1. The van der Waals surface area contributed by atoms with Crippen LogP contribution < -0.4 is 5.32 Å². The maximum atomic E-state index is 12.9. The lowest BCUT2D eigenvalue weighted by molar-refractivity contribution is 0.0761.